The molecule has 0 bridgehead atoms. The Morgan fingerprint density at radius 2 is 2.08 bits per heavy atom. The van der Waals surface area contributed by atoms with E-state index >= 15 is 0 Å². The number of carbonyl (C=O) groups is 1. The number of benzene rings is 1. The van der Waals surface area contributed by atoms with Crippen LogP contribution in [0.25, 0.3) is 0 Å². The van der Waals surface area contributed by atoms with E-state index in [-0.39, 0.29) is 5.91 Å². The zero-order chi connectivity index (χ0) is 17.2. The highest BCUT2D eigenvalue weighted by molar-refractivity contribution is 6.02. The normalized spacial score (nSPS) is 20.5. The van der Waals surface area contributed by atoms with E-state index in [1.165, 1.54) is 0 Å². The standard InChI is InChI=1S/C19H23N3O3/c1-24-16-3-2-10-22(12-16)15-8-6-14(7-9-15)20-19(23)17-11-18(25-21-17)13-4-5-13/h6-9,11,13,16H,2-5,10,12H2,1H3,(H,20,23). The topological polar surface area (TPSA) is 67.6 Å². The third kappa shape index (κ3) is 3.69. The molecule has 4 rings (SSSR count). The molecule has 1 unspecified atom stereocenters. The number of carbonyl (C=O) groups excluding carboxylic acids is 1. The molecular weight excluding hydrogens is 318 g/mol. The van der Waals surface area contributed by atoms with Gasteiger partial charge in [-0.3, -0.25) is 4.79 Å². The Balaban J connectivity index is 1.38. The minimum Gasteiger partial charge on any atom is -0.380 e. The quantitative estimate of drug-likeness (QED) is 0.902. The average Bonchev–Trinajstić information content (AvgIpc) is 3.39. The molecule has 2 aliphatic rings. The maximum Gasteiger partial charge on any atom is 0.277 e. The van der Waals surface area contributed by atoms with Gasteiger partial charge in [0.1, 0.15) is 5.76 Å². The van der Waals surface area contributed by atoms with Gasteiger partial charge in [0.25, 0.3) is 5.91 Å². The highest BCUT2D eigenvalue weighted by atomic mass is 16.5. The molecule has 2 aromatic rings. The van der Waals surface area contributed by atoms with Gasteiger partial charge in [-0.15, -0.1) is 0 Å². The molecule has 1 aromatic carbocycles. The van der Waals surface area contributed by atoms with Crippen LogP contribution in [0.2, 0.25) is 0 Å². The summed E-state index contributed by atoms with van der Waals surface area (Å²) in [6.07, 6.45) is 4.78. The van der Waals surface area contributed by atoms with Crippen molar-refractivity contribution in [1.29, 1.82) is 0 Å². The monoisotopic (exact) mass is 341 g/mol. The summed E-state index contributed by atoms with van der Waals surface area (Å²) in [5.41, 5.74) is 2.24. The highest BCUT2D eigenvalue weighted by Gasteiger charge is 2.29. The lowest BCUT2D eigenvalue weighted by Crippen LogP contribution is -2.39. The number of ether oxygens (including phenoxy) is 1. The summed E-state index contributed by atoms with van der Waals surface area (Å²) >= 11 is 0. The second kappa shape index (κ2) is 6.88. The molecule has 2 heterocycles. The van der Waals surface area contributed by atoms with Crippen molar-refractivity contribution in [2.75, 3.05) is 30.4 Å². The Labute approximate surface area is 147 Å². The lowest BCUT2D eigenvalue weighted by molar-refractivity contribution is 0.0893. The summed E-state index contributed by atoms with van der Waals surface area (Å²) in [5, 5.41) is 6.75. The molecule has 1 atom stereocenters. The molecule has 1 aliphatic heterocycles. The molecule has 1 aliphatic carbocycles. The van der Waals surface area contributed by atoms with E-state index in [1.54, 1.807) is 13.2 Å². The van der Waals surface area contributed by atoms with Gasteiger partial charge in [-0.25, -0.2) is 0 Å². The molecule has 1 N–H and O–H groups in total. The maximum absolute atomic E-state index is 12.3. The minimum atomic E-state index is -0.235. The zero-order valence-electron chi connectivity index (χ0n) is 14.4. The van der Waals surface area contributed by atoms with Crippen LogP contribution in [-0.2, 0) is 4.74 Å². The SMILES string of the molecule is COC1CCCN(c2ccc(NC(=O)c3cc(C4CC4)on3)cc2)C1. The van der Waals surface area contributed by atoms with E-state index < -0.39 is 0 Å². The fourth-order valence-electron chi connectivity index (χ4n) is 3.27. The van der Waals surface area contributed by atoms with Crippen molar-refractivity contribution < 1.29 is 14.1 Å². The Morgan fingerprint density at radius 3 is 2.80 bits per heavy atom. The van der Waals surface area contributed by atoms with E-state index in [1.807, 2.05) is 24.3 Å². The molecule has 1 amide bonds. The number of hydrogen-bond acceptors (Lipinski definition) is 5. The van der Waals surface area contributed by atoms with Crippen molar-refractivity contribution in [2.45, 2.75) is 37.7 Å². The van der Waals surface area contributed by atoms with Crippen LogP contribution >= 0.6 is 0 Å². The van der Waals surface area contributed by atoms with Crippen molar-refractivity contribution in [3.8, 4) is 0 Å². The summed E-state index contributed by atoms with van der Waals surface area (Å²) in [5.74, 6) is 1.04. The van der Waals surface area contributed by atoms with Crippen LogP contribution in [-0.4, -0.2) is 37.4 Å². The number of rotatable bonds is 5. The van der Waals surface area contributed by atoms with Crippen molar-refractivity contribution >= 4 is 17.3 Å². The zero-order valence-corrected chi connectivity index (χ0v) is 14.4. The van der Waals surface area contributed by atoms with Crippen LogP contribution in [0.3, 0.4) is 0 Å². The molecule has 25 heavy (non-hydrogen) atoms. The number of methoxy groups -OCH3 is 1. The number of aromatic nitrogens is 1. The first kappa shape index (κ1) is 16.1. The van der Waals surface area contributed by atoms with Crippen LogP contribution in [0.4, 0.5) is 11.4 Å². The summed E-state index contributed by atoms with van der Waals surface area (Å²) in [6.45, 7) is 1.94. The summed E-state index contributed by atoms with van der Waals surface area (Å²) < 4.78 is 10.7. The molecule has 0 spiro atoms. The summed E-state index contributed by atoms with van der Waals surface area (Å²) in [6, 6.07) is 9.66. The van der Waals surface area contributed by atoms with Crippen molar-refractivity contribution in [1.82, 2.24) is 5.16 Å². The fraction of sp³-hybridized carbons (Fsp3) is 0.474. The van der Waals surface area contributed by atoms with Gasteiger partial charge in [0.15, 0.2) is 5.69 Å². The molecule has 132 valence electrons. The van der Waals surface area contributed by atoms with E-state index in [0.29, 0.717) is 17.7 Å². The van der Waals surface area contributed by atoms with Gasteiger partial charge < -0.3 is 19.5 Å². The van der Waals surface area contributed by atoms with Gasteiger partial charge in [0.05, 0.1) is 6.10 Å². The van der Waals surface area contributed by atoms with Crippen LogP contribution in [0.1, 0.15) is 47.8 Å². The summed E-state index contributed by atoms with van der Waals surface area (Å²) in [4.78, 5) is 14.6. The lowest BCUT2D eigenvalue weighted by atomic mass is 10.1. The van der Waals surface area contributed by atoms with Crippen LogP contribution in [0.5, 0.6) is 0 Å². The van der Waals surface area contributed by atoms with Gasteiger partial charge in [0.2, 0.25) is 0 Å². The molecule has 6 heteroatoms. The third-order valence-electron chi connectivity index (χ3n) is 4.94. The second-order valence-corrected chi connectivity index (χ2v) is 6.84. The largest absolute Gasteiger partial charge is 0.380 e. The van der Waals surface area contributed by atoms with Gasteiger partial charge in [-0.1, -0.05) is 5.16 Å². The first-order chi connectivity index (χ1) is 12.2. The van der Waals surface area contributed by atoms with Crippen molar-refractivity contribution in [3.63, 3.8) is 0 Å². The number of nitrogens with one attached hydrogen (secondary N) is 1. The lowest BCUT2D eigenvalue weighted by Gasteiger charge is -2.33. The number of piperidine rings is 1. The molecule has 1 saturated carbocycles. The molecule has 6 nitrogen and oxygen atoms in total. The Bertz CT molecular complexity index is 737. The van der Waals surface area contributed by atoms with Gasteiger partial charge in [0, 0.05) is 43.6 Å². The fourth-order valence-corrected chi connectivity index (χ4v) is 3.27. The number of anilines is 2. The Hall–Kier alpha value is -2.34. The molecule has 0 radical (unpaired) electrons. The predicted molar refractivity (Wildman–Crippen MR) is 95.1 cm³/mol. The van der Waals surface area contributed by atoms with Crippen molar-refractivity contribution in [2.24, 2.45) is 0 Å². The molecule has 1 saturated heterocycles. The van der Waals surface area contributed by atoms with E-state index in [0.717, 1.165) is 55.9 Å². The number of hydrogen-bond donors (Lipinski definition) is 1. The maximum atomic E-state index is 12.3. The Morgan fingerprint density at radius 1 is 1.28 bits per heavy atom. The first-order valence-corrected chi connectivity index (χ1v) is 8.88. The second-order valence-electron chi connectivity index (χ2n) is 6.84. The predicted octanol–water partition coefficient (Wildman–Crippen LogP) is 3.42. The van der Waals surface area contributed by atoms with Gasteiger partial charge >= 0.3 is 0 Å². The van der Waals surface area contributed by atoms with Crippen molar-refractivity contribution in [3.05, 3.63) is 41.8 Å². The van der Waals surface area contributed by atoms with E-state index in [2.05, 4.69) is 15.4 Å². The van der Waals surface area contributed by atoms with E-state index in [9.17, 15) is 4.79 Å². The summed E-state index contributed by atoms with van der Waals surface area (Å²) in [7, 11) is 1.77. The number of amides is 1. The van der Waals surface area contributed by atoms with Gasteiger partial charge in [-0.2, -0.15) is 0 Å². The molecule has 1 aromatic heterocycles. The number of nitrogens with zero attached hydrogens (tertiary/aromatic N) is 2. The smallest absolute Gasteiger partial charge is 0.277 e. The Kier molecular flexibility index (Phi) is 4.44. The van der Waals surface area contributed by atoms with E-state index in [4.69, 9.17) is 9.26 Å². The van der Waals surface area contributed by atoms with Crippen LogP contribution in [0.15, 0.2) is 34.9 Å². The molecular formula is C19H23N3O3. The minimum absolute atomic E-state index is 0.235. The highest BCUT2D eigenvalue weighted by Crippen LogP contribution is 2.40. The third-order valence-corrected chi connectivity index (χ3v) is 4.94. The van der Waals surface area contributed by atoms with Crippen LogP contribution < -0.4 is 10.2 Å². The molecule has 2 fully saturated rings. The van der Waals surface area contributed by atoms with Crippen LogP contribution in [0, 0.1) is 0 Å². The first-order valence-electron chi connectivity index (χ1n) is 8.88. The average molecular weight is 341 g/mol. The van der Waals surface area contributed by atoms with Gasteiger partial charge in [-0.05, 0) is 49.9 Å².